The Bertz CT molecular complexity index is 263. The minimum atomic E-state index is 0.837. The first-order valence-corrected chi connectivity index (χ1v) is 5.14. The average Bonchev–Trinajstić information content (AvgIpc) is 2.07. The molecule has 0 bridgehead atoms. The van der Waals surface area contributed by atoms with Crippen LogP contribution in [-0.2, 0) is 0 Å². The Morgan fingerprint density at radius 2 is 2.25 bits per heavy atom. The molecule has 1 aromatic rings. The van der Waals surface area contributed by atoms with Gasteiger partial charge in [0.1, 0.15) is 0 Å². The molecule has 0 fully saturated rings. The van der Waals surface area contributed by atoms with Crippen LogP contribution in [-0.4, -0.2) is 12.9 Å². The molecule has 0 spiro atoms. The lowest BCUT2D eigenvalue weighted by atomic mass is 10.2. The minimum absolute atomic E-state index is 0.837. The van der Waals surface area contributed by atoms with Gasteiger partial charge in [-0.05, 0) is 37.7 Å². The average molecular weight is 202 g/mol. The maximum absolute atomic E-state index is 5.89. The highest BCUT2D eigenvalue weighted by Gasteiger charge is 1.96. The van der Waals surface area contributed by atoms with E-state index in [4.69, 9.17) is 11.6 Å². The van der Waals surface area contributed by atoms with E-state index in [2.05, 4.69) is 11.4 Å². The van der Waals surface area contributed by atoms with Crippen molar-refractivity contribution in [1.82, 2.24) is 5.32 Å². The number of aryl methyl sites for hydroxylation is 1. The Labute approximate surface area is 82.5 Å². The van der Waals surface area contributed by atoms with Gasteiger partial charge in [-0.2, -0.15) is 0 Å². The summed E-state index contributed by atoms with van der Waals surface area (Å²) in [6.45, 7) is 2.02. The molecule has 1 N–H and O–H groups in total. The summed E-state index contributed by atoms with van der Waals surface area (Å²) in [6.07, 6.45) is 0. The molecule has 3 heteroatoms. The van der Waals surface area contributed by atoms with Gasteiger partial charge in [-0.25, -0.2) is 0 Å². The molecule has 0 heterocycles. The van der Waals surface area contributed by atoms with Crippen LogP contribution in [0.15, 0.2) is 23.1 Å². The van der Waals surface area contributed by atoms with Gasteiger partial charge in [0, 0.05) is 15.8 Å². The second-order valence-electron chi connectivity index (χ2n) is 2.55. The van der Waals surface area contributed by atoms with E-state index in [-0.39, 0.29) is 0 Å². The number of halogens is 1. The molecule has 1 rings (SSSR count). The summed E-state index contributed by atoms with van der Waals surface area (Å²) in [4.78, 5) is 1.26. The highest BCUT2D eigenvalue weighted by atomic mass is 35.5. The maximum atomic E-state index is 5.89. The smallest absolute Gasteiger partial charge is 0.0463 e. The van der Waals surface area contributed by atoms with Crippen LogP contribution in [0.1, 0.15) is 5.56 Å². The Morgan fingerprint density at radius 1 is 1.50 bits per heavy atom. The van der Waals surface area contributed by atoms with Crippen molar-refractivity contribution in [3.8, 4) is 0 Å². The van der Waals surface area contributed by atoms with E-state index in [1.54, 1.807) is 11.8 Å². The van der Waals surface area contributed by atoms with Crippen LogP contribution in [0, 0.1) is 6.92 Å². The fraction of sp³-hybridized carbons (Fsp3) is 0.333. The number of rotatable bonds is 3. The first kappa shape index (κ1) is 9.90. The van der Waals surface area contributed by atoms with Gasteiger partial charge in [-0.15, -0.1) is 11.8 Å². The predicted octanol–water partition coefficient (Wildman–Crippen LogP) is 2.92. The second-order valence-corrected chi connectivity index (χ2v) is 4.01. The van der Waals surface area contributed by atoms with Gasteiger partial charge in [0.25, 0.3) is 0 Å². The number of hydrogen-bond acceptors (Lipinski definition) is 2. The molecular formula is C9H12ClNS. The zero-order chi connectivity index (χ0) is 8.97. The van der Waals surface area contributed by atoms with Crippen molar-refractivity contribution in [2.45, 2.75) is 11.8 Å². The molecule has 66 valence electrons. The lowest BCUT2D eigenvalue weighted by Gasteiger charge is -2.02. The Hall–Kier alpha value is -0.180. The zero-order valence-electron chi connectivity index (χ0n) is 7.23. The molecule has 0 aliphatic heterocycles. The molecule has 0 saturated heterocycles. The van der Waals surface area contributed by atoms with Gasteiger partial charge in [0.15, 0.2) is 0 Å². The molecule has 1 nitrogen and oxygen atoms in total. The quantitative estimate of drug-likeness (QED) is 0.596. The van der Waals surface area contributed by atoms with E-state index < -0.39 is 0 Å². The van der Waals surface area contributed by atoms with E-state index >= 15 is 0 Å². The first-order chi connectivity index (χ1) is 5.74. The van der Waals surface area contributed by atoms with Gasteiger partial charge < -0.3 is 5.32 Å². The highest BCUT2D eigenvalue weighted by molar-refractivity contribution is 7.99. The topological polar surface area (TPSA) is 12.0 Å². The molecule has 0 aliphatic carbocycles. The molecule has 0 aromatic heterocycles. The predicted molar refractivity (Wildman–Crippen MR) is 56.0 cm³/mol. The molecule has 1 aromatic carbocycles. The maximum Gasteiger partial charge on any atom is 0.0463 e. The van der Waals surface area contributed by atoms with Crippen LogP contribution in [0.2, 0.25) is 5.02 Å². The fourth-order valence-electron chi connectivity index (χ4n) is 0.862. The van der Waals surface area contributed by atoms with Crippen LogP contribution in [0.5, 0.6) is 0 Å². The number of hydrogen-bond donors (Lipinski definition) is 1. The lowest BCUT2D eigenvalue weighted by Crippen LogP contribution is -2.02. The zero-order valence-corrected chi connectivity index (χ0v) is 8.80. The number of benzene rings is 1. The van der Waals surface area contributed by atoms with Gasteiger partial charge >= 0.3 is 0 Å². The fourth-order valence-corrected chi connectivity index (χ4v) is 1.72. The molecule has 0 unspecified atom stereocenters. The van der Waals surface area contributed by atoms with Crippen molar-refractivity contribution in [3.05, 3.63) is 28.8 Å². The van der Waals surface area contributed by atoms with E-state index in [1.165, 1.54) is 4.90 Å². The van der Waals surface area contributed by atoms with Gasteiger partial charge in [0.2, 0.25) is 0 Å². The van der Waals surface area contributed by atoms with Crippen LogP contribution < -0.4 is 5.32 Å². The van der Waals surface area contributed by atoms with Crippen LogP contribution in [0.3, 0.4) is 0 Å². The third-order valence-corrected chi connectivity index (χ3v) is 2.96. The third kappa shape index (κ3) is 2.70. The first-order valence-electron chi connectivity index (χ1n) is 3.77. The molecular weight excluding hydrogens is 190 g/mol. The SMILES string of the molecule is CNCSc1ccc(Cl)c(C)c1. The summed E-state index contributed by atoms with van der Waals surface area (Å²) in [6, 6.07) is 6.08. The monoisotopic (exact) mass is 201 g/mol. The molecule has 0 amide bonds. The lowest BCUT2D eigenvalue weighted by molar-refractivity contribution is 0.982. The molecule has 0 saturated carbocycles. The summed E-state index contributed by atoms with van der Waals surface area (Å²) < 4.78 is 0. The summed E-state index contributed by atoms with van der Waals surface area (Å²) in [5.74, 6) is 0.932. The largest absolute Gasteiger partial charge is 0.311 e. The molecule has 0 atom stereocenters. The van der Waals surface area contributed by atoms with Gasteiger partial charge in [-0.3, -0.25) is 0 Å². The summed E-state index contributed by atoms with van der Waals surface area (Å²) in [5, 5.41) is 3.92. The van der Waals surface area contributed by atoms with Crippen LogP contribution >= 0.6 is 23.4 Å². The normalized spacial score (nSPS) is 10.2. The van der Waals surface area contributed by atoms with Crippen molar-refractivity contribution >= 4 is 23.4 Å². The van der Waals surface area contributed by atoms with Gasteiger partial charge in [-0.1, -0.05) is 11.6 Å². The van der Waals surface area contributed by atoms with Gasteiger partial charge in [0.05, 0.1) is 0 Å². The number of thioether (sulfide) groups is 1. The summed E-state index contributed by atoms with van der Waals surface area (Å²) >= 11 is 7.66. The van der Waals surface area contributed by atoms with E-state index in [0.717, 1.165) is 16.5 Å². The second kappa shape index (κ2) is 4.75. The third-order valence-electron chi connectivity index (χ3n) is 1.51. The Balaban J connectivity index is 2.69. The van der Waals surface area contributed by atoms with Crippen LogP contribution in [0.25, 0.3) is 0 Å². The summed E-state index contributed by atoms with van der Waals surface area (Å²) in [5.41, 5.74) is 1.14. The van der Waals surface area contributed by atoms with Crippen molar-refractivity contribution in [1.29, 1.82) is 0 Å². The van der Waals surface area contributed by atoms with E-state index in [0.29, 0.717) is 0 Å². The molecule has 0 radical (unpaired) electrons. The van der Waals surface area contributed by atoms with Crippen LogP contribution in [0.4, 0.5) is 0 Å². The van der Waals surface area contributed by atoms with Crippen molar-refractivity contribution in [3.63, 3.8) is 0 Å². The Kier molecular flexibility index (Phi) is 3.92. The summed E-state index contributed by atoms with van der Waals surface area (Å²) in [7, 11) is 1.94. The van der Waals surface area contributed by atoms with Crippen molar-refractivity contribution in [2.24, 2.45) is 0 Å². The van der Waals surface area contributed by atoms with E-state index in [9.17, 15) is 0 Å². The molecule has 12 heavy (non-hydrogen) atoms. The minimum Gasteiger partial charge on any atom is -0.311 e. The van der Waals surface area contributed by atoms with Crippen molar-refractivity contribution in [2.75, 3.05) is 12.9 Å². The molecule has 0 aliphatic rings. The Morgan fingerprint density at radius 3 is 2.83 bits per heavy atom. The standard InChI is InChI=1S/C9H12ClNS/c1-7-5-8(12-6-11-2)3-4-9(7)10/h3-5,11H,6H2,1-2H3. The highest BCUT2D eigenvalue weighted by Crippen LogP contribution is 2.22. The number of nitrogens with one attached hydrogen (secondary N) is 1. The van der Waals surface area contributed by atoms with Crippen molar-refractivity contribution < 1.29 is 0 Å². The van der Waals surface area contributed by atoms with E-state index in [1.807, 2.05) is 26.1 Å².